The van der Waals surface area contributed by atoms with Gasteiger partial charge in [0.1, 0.15) is 0 Å². The van der Waals surface area contributed by atoms with E-state index in [9.17, 15) is 4.79 Å². The number of carbonyl (C=O) groups is 1. The van der Waals surface area contributed by atoms with Gasteiger partial charge in [-0.2, -0.15) is 0 Å². The number of anilines is 1. The van der Waals surface area contributed by atoms with Gasteiger partial charge < -0.3 is 10.3 Å². The summed E-state index contributed by atoms with van der Waals surface area (Å²) in [7, 11) is 0. The molecule has 4 nitrogen and oxygen atoms in total. The maximum Gasteiger partial charge on any atom is 0.253 e. The van der Waals surface area contributed by atoms with Crippen LogP contribution in [0.4, 0.5) is 5.69 Å². The Bertz CT molecular complexity index is 402. The summed E-state index contributed by atoms with van der Waals surface area (Å²) >= 11 is 0. The molecule has 0 spiro atoms. The van der Waals surface area contributed by atoms with Crippen molar-refractivity contribution in [3.8, 4) is 0 Å². The van der Waals surface area contributed by atoms with Crippen molar-refractivity contribution >= 4 is 11.6 Å². The minimum atomic E-state index is 0.132. The van der Waals surface area contributed by atoms with Gasteiger partial charge in [-0.15, -0.1) is 0 Å². The average Bonchev–Trinajstić information content (AvgIpc) is 2.63. The zero-order valence-electron chi connectivity index (χ0n) is 10.9. The van der Waals surface area contributed by atoms with Crippen LogP contribution in [0.15, 0.2) is 24.3 Å². The highest BCUT2D eigenvalue weighted by Gasteiger charge is 2.19. The second kappa shape index (κ2) is 5.87. The number of nitrogens with zero attached hydrogens (tertiary/aromatic N) is 1. The predicted molar refractivity (Wildman–Crippen MR) is 73.2 cm³/mol. The normalized spacial score (nSPS) is 20.3. The number of benzene rings is 1. The standard InChI is InChI=1S/C14H21N3O/c1-11-3-2-9-17(10-8-11)14(18)12-4-6-13(16-15)7-5-12/h4-7,11,16H,2-3,8-10,15H2,1H3. The lowest BCUT2D eigenvalue weighted by Crippen LogP contribution is -2.31. The largest absolute Gasteiger partial charge is 0.339 e. The summed E-state index contributed by atoms with van der Waals surface area (Å²) in [5.41, 5.74) is 4.12. The first-order valence-corrected chi connectivity index (χ1v) is 6.56. The third kappa shape index (κ3) is 3.01. The predicted octanol–water partition coefficient (Wildman–Crippen LogP) is 2.23. The fourth-order valence-electron chi connectivity index (χ4n) is 2.36. The second-order valence-corrected chi connectivity index (χ2v) is 5.05. The monoisotopic (exact) mass is 247 g/mol. The van der Waals surface area contributed by atoms with Crippen molar-refractivity contribution in [2.75, 3.05) is 18.5 Å². The maximum atomic E-state index is 12.3. The lowest BCUT2D eigenvalue weighted by molar-refractivity contribution is 0.0760. The highest BCUT2D eigenvalue weighted by molar-refractivity contribution is 5.94. The minimum absolute atomic E-state index is 0.132. The van der Waals surface area contributed by atoms with Gasteiger partial charge in [0.15, 0.2) is 0 Å². The maximum absolute atomic E-state index is 12.3. The summed E-state index contributed by atoms with van der Waals surface area (Å²) in [6, 6.07) is 7.30. The molecule has 1 unspecified atom stereocenters. The highest BCUT2D eigenvalue weighted by Crippen LogP contribution is 2.18. The van der Waals surface area contributed by atoms with Gasteiger partial charge in [0.2, 0.25) is 0 Å². The fourth-order valence-corrected chi connectivity index (χ4v) is 2.36. The molecule has 1 aliphatic rings. The Labute approximate surface area is 108 Å². The van der Waals surface area contributed by atoms with E-state index in [4.69, 9.17) is 5.84 Å². The molecule has 1 heterocycles. The Hall–Kier alpha value is -1.55. The SMILES string of the molecule is CC1CCCN(C(=O)c2ccc(NN)cc2)CC1. The lowest BCUT2D eigenvalue weighted by Gasteiger charge is -2.20. The Morgan fingerprint density at radius 1 is 1.28 bits per heavy atom. The molecule has 3 N–H and O–H groups in total. The Kier molecular flexibility index (Phi) is 4.20. The first-order valence-electron chi connectivity index (χ1n) is 6.56. The zero-order chi connectivity index (χ0) is 13.0. The number of nitrogens with two attached hydrogens (primary N) is 1. The van der Waals surface area contributed by atoms with Gasteiger partial charge in [-0.1, -0.05) is 6.92 Å². The van der Waals surface area contributed by atoms with E-state index in [-0.39, 0.29) is 5.91 Å². The molecule has 1 amide bonds. The molecule has 1 atom stereocenters. The molecule has 2 rings (SSSR count). The van der Waals surface area contributed by atoms with Crippen LogP contribution in [0.2, 0.25) is 0 Å². The number of nitrogens with one attached hydrogen (secondary N) is 1. The van der Waals surface area contributed by atoms with Crippen LogP contribution in [0.3, 0.4) is 0 Å². The van der Waals surface area contributed by atoms with Crippen molar-refractivity contribution in [1.82, 2.24) is 4.90 Å². The molecular weight excluding hydrogens is 226 g/mol. The molecule has 0 aliphatic carbocycles. The fraction of sp³-hybridized carbons (Fsp3) is 0.500. The summed E-state index contributed by atoms with van der Waals surface area (Å²) in [5, 5.41) is 0. The molecule has 0 saturated carbocycles. The average molecular weight is 247 g/mol. The van der Waals surface area contributed by atoms with Crippen LogP contribution in [0.5, 0.6) is 0 Å². The number of amides is 1. The molecule has 4 heteroatoms. The Morgan fingerprint density at radius 2 is 2.00 bits per heavy atom. The van der Waals surface area contributed by atoms with Crippen LogP contribution in [0.25, 0.3) is 0 Å². The second-order valence-electron chi connectivity index (χ2n) is 5.05. The number of hydrogen-bond donors (Lipinski definition) is 2. The number of hydrogen-bond acceptors (Lipinski definition) is 3. The van der Waals surface area contributed by atoms with E-state index in [0.29, 0.717) is 0 Å². The van der Waals surface area contributed by atoms with Gasteiger partial charge in [-0.3, -0.25) is 10.6 Å². The molecule has 1 aromatic carbocycles. The Balaban J connectivity index is 2.05. The van der Waals surface area contributed by atoms with Crippen molar-refractivity contribution in [3.63, 3.8) is 0 Å². The van der Waals surface area contributed by atoms with E-state index in [1.54, 1.807) is 0 Å². The van der Waals surface area contributed by atoms with Gasteiger partial charge in [-0.25, -0.2) is 0 Å². The van der Waals surface area contributed by atoms with Gasteiger partial charge >= 0.3 is 0 Å². The molecule has 1 aromatic rings. The van der Waals surface area contributed by atoms with E-state index in [0.717, 1.165) is 43.1 Å². The van der Waals surface area contributed by atoms with Crippen molar-refractivity contribution in [2.45, 2.75) is 26.2 Å². The molecule has 18 heavy (non-hydrogen) atoms. The van der Waals surface area contributed by atoms with E-state index in [1.807, 2.05) is 29.2 Å². The first-order chi connectivity index (χ1) is 8.70. The van der Waals surface area contributed by atoms with Crippen molar-refractivity contribution in [3.05, 3.63) is 29.8 Å². The van der Waals surface area contributed by atoms with Crippen molar-refractivity contribution in [1.29, 1.82) is 0 Å². The molecule has 0 bridgehead atoms. The third-order valence-electron chi connectivity index (χ3n) is 3.60. The summed E-state index contributed by atoms with van der Waals surface area (Å²) in [4.78, 5) is 14.3. The quantitative estimate of drug-likeness (QED) is 0.622. The number of nitrogen functional groups attached to an aromatic ring is 1. The lowest BCUT2D eigenvalue weighted by atomic mass is 10.0. The summed E-state index contributed by atoms with van der Waals surface area (Å²) in [6.45, 7) is 4.01. The van der Waals surface area contributed by atoms with E-state index in [1.165, 1.54) is 6.42 Å². The van der Waals surface area contributed by atoms with Crippen LogP contribution < -0.4 is 11.3 Å². The van der Waals surface area contributed by atoms with Crippen molar-refractivity contribution in [2.24, 2.45) is 11.8 Å². The number of carbonyl (C=O) groups excluding carboxylic acids is 1. The van der Waals surface area contributed by atoms with Crippen LogP contribution in [0, 0.1) is 5.92 Å². The smallest absolute Gasteiger partial charge is 0.253 e. The summed E-state index contributed by atoms with van der Waals surface area (Å²) < 4.78 is 0. The van der Waals surface area contributed by atoms with E-state index >= 15 is 0 Å². The topological polar surface area (TPSA) is 58.4 Å². The van der Waals surface area contributed by atoms with Gasteiger partial charge in [-0.05, 0) is 49.4 Å². The Morgan fingerprint density at radius 3 is 2.67 bits per heavy atom. The summed E-state index contributed by atoms with van der Waals surface area (Å²) in [5.74, 6) is 6.17. The van der Waals surface area contributed by atoms with E-state index < -0.39 is 0 Å². The number of rotatable bonds is 2. The highest BCUT2D eigenvalue weighted by atomic mass is 16.2. The number of hydrazine groups is 1. The summed E-state index contributed by atoms with van der Waals surface area (Å²) in [6.07, 6.45) is 3.43. The molecular formula is C14H21N3O. The molecule has 1 aliphatic heterocycles. The zero-order valence-corrected chi connectivity index (χ0v) is 10.9. The van der Waals surface area contributed by atoms with Crippen LogP contribution in [-0.2, 0) is 0 Å². The molecule has 0 radical (unpaired) electrons. The van der Waals surface area contributed by atoms with Crippen molar-refractivity contribution < 1.29 is 4.79 Å². The molecule has 1 saturated heterocycles. The molecule has 98 valence electrons. The van der Waals surface area contributed by atoms with Crippen LogP contribution in [-0.4, -0.2) is 23.9 Å². The van der Waals surface area contributed by atoms with Gasteiger partial charge in [0, 0.05) is 24.3 Å². The third-order valence-corrected chi connectivity index (χ3v) is 3.60. The first kappa shape index (κ1) is 12.9. The van der Waals surface area contributed by atoms with Crippen LogP contribution in [0.1, 0.15) is 36.5 Å². The number of likely N-dealkylation sites (tertiary alicyclic amines) is 1. The molecule has 1 fully saturated rings. The van der Waals surface area contributed by atoms with Gasteiger partial charge in [0.25, 0.3) is 5.91 Å². The van der Waals surface area contributed by atoms with E-state index in [2.05, 4.69) is 12.3 Å². The molecule has 0 aromatic heterocycles. The van der Waals surface area contributed by atoms with Crippen LogP contribution >= 0.6 is 0 Å². The van der Waals surface area contributed by atoms with Gasteiger partial charge in [0.05, 0.1) is 0 Å². The minimum Gasteiger partial charge on any atom is -0.339 e.